The number of hydrogen-bond acceptors (Lipinski definition) is 3. The van der Waals surface area contributed by atoms with Crippen LogP contribution in [-0.4, -0.2) is 17.1 Å². The van der Waals surface area contributed by atoms with Crippen molar-refractivity contribution in [2.45, 2.75) is 12.8 Å². The van der Waals surface area contributed by atoms with Crippen LogP contribution in [-0.2, 0) is 6.42 Å². The van der Waals surface area contributed by atoms with Gasteiger partial charge >= 0.3 is 6.36 Å². The minimum atomic E-state index is -4.77. The Morgan fingerprint density at radius 1 is 1.14 bits per heavy atom. The van der Waals surface area contributed by atoms with E-state index in [1.807, 2.05) is 0 Å². The number of ether oxygens (including phenoxy) is 1. The lowest BCUT2D eigenvalue weighted by molar-refractivity contribution is -0.274. The Hall–Kier alpha value is -2.44. The molecule has 1 aromatic heterocycles. The first-order chi connectivity index (χ1) is 9.85. The lowest BCUT2D eigenvalue weighted by Gasteiger charge is -2.09. The quantitative estimate of drug-likeness (QED) is 0.640. The molecule has 2 rings (SSSR count). The van der Waals surface area contributed by atoms with E-state index in [1.165, 1.54) is 24.4 Å². The first kappa shape index (κ1) is 15.0. The van der Waals surface area contributed by atoms with Crippen molar-refractivity contribution >= 4 is 5.78 Å². The summed E-state index contributed by atoms with van der Waals surface area (Å²) in [6, 6.07) is 7.26. The molecule has 0 bridgehead atoms. The van der Waals surface area contributed by atoms with Crippen molar-refractivity contribution < 1.29 is 27.1 Å². The fourth-order valence-corrected chi connectivity index (χ4v) is 1.67. The summed E-state index contributed by atoms with van der Waals surface area (Å²) in [5.74, 6) is -1.68. The summed E-state index contributed by atoms with van der Waals surface area (Å²) in [6.45, 7) is 0. The molecule has 0 amide bonds. The zero-order valence-electron chi connectivity index (χ0n) is 10.5. The third kappa shape index (κ3) is 4.27. The van der Waals surface area contributed by atoms with Crippen LogP contribution in [0, 0.1) is 5.82 Å². The highest BCUT2D eigenvalue weighted by atomic mass is 19.4. The van der Waals surface area contributed by atoms with Crippen LogP contribution in [0.1, 0.15) is 16.1 Å². The number of ketones is 1. The molecule has 0 aliphatic heterocycles. The summed E-state index contributed by atoms with van der Waals surface area (Å²) in [5.41, 5.74) is 0.132. The molecule has 0 radical (unpaired) electrons. The maximum Gasteiger partial charge on any atom is 0.573 e. The van der Waals surface area contributed by atoms with Gasteiger partial charge in [0.25, 0.3) is 0 Å². The van der Waals surface area contributed by atoms with Gasteiger partial charge in [0.2, 0.25) is 0 Å². The molecule has 0 atom stereocenters. The van der Waals surface area contributed by atoms with Crippen LogP contribution in [0.25, 0.3) is 0 Å². The molecule has 110 valence electrons. The Labute approximate surface area is 117 Å². The molecule has 7 heteroatoms. The zero-order valence-corrected chi connectivity index (χ0v) is 10.5. The van der Waals surface area contributed by atoms with Crippen molar-refractivity contribution in [3.8, 4) is 5.75 Å². The van der Waals surface area contributed by atoms with Gasteiger partial charge in [0.05, 0.1) is 0 Å². The Balaban J connectivity index is 2.07. The van der Waals surface area contributed by atoms with Gasteiger partial charge in [-0.05, 0) is 29.8 Å². The van der Waals surface area contributed by atoms with Crippen molar-refractivity contribution in [1.29, 1.82) is 0 Å². The molecule has 21 heavy (non-hydrogen) atoms. The van der Waals surface area contributed by atoms with E-state index in [4.69, 9.17) is 0 Å². The van der Waals surface area contributed by atoms with Gasteiger partial charge in [0, 0.05) is 12.6 Å². The van der Waals surface area contributed by atoms with Crippen LogP contribution >= 0.6 is 0 Å². The van der Waals surface area contributed by atoms with Gasteiger partial charge < -0.3 is 4.74 Å². The van der Waals surface area contributed by atoms with Gasteiger partial charge in [0.15, 0.2) is 11.6 Å². The molecule has 0 aliphatic carbocycles. The molecule has 0 spiro atoms. The molecule has 0 saturated carbocycles. The molecular weight excluding hydrogens is 290 g/mol. The predicted octanol–water partition coefficient (Wildman–Crippen LogP) is 3.54. The van der Waals surface area contributed by atoms with Crippen molar-refractivity contribution in [2.75, 3.05) is 0 Å². The average molecular weight is 299 g/mol. The van der Waals surface area contributed by atoms with E-state index in [0.29, 0.717) is 5.56 Å². The van der Waals surface area contributed by atoms with E-state index in [1.54, 1.807) is 0 Å². The number of pyridine rings is 1. The molecule has 0 fully saturated rings. The number of nitrogens with zero attached hydrogens (tertiary/aromatic N) is 1. The molecule has 1 aromatic carbocycles. The number of hydrogen-bond donors (Lipinski definition) is 0. The number of Topliss-reactive ketones (excluding diaryl/α,β-unsaturated/α-hetero) is 1. The highest BCUT2D eigenvalue weighted by molar-refractivity contribution is 5.95. The number of halogens is 4. The van der Waals surface area contributed by atoms with Gasteiger partial charge in [-0.2, -0.15) is 0 Å². The highest BCUT2D eigenvalue weighted by Crippen LogP contribution is 2.23. The maximum atomic E-state index is 13.4. The molecule has 0 N–H and O–H groups in total. The monoisotopic (exact) mass is 299 g/mol. The third-order valence-electron chi connectivity index (χ3n) is 2.54. The van der Waals surface area contributed by atoms with Crippen LogP contribution in [0.5, 0.6) is 5.75 Å². The first-order valence-corrected chi connectivity index (χ1v) is 5.83. The van der Waals surface area contributed by atoms with Crippen LogP contribution in [0.2, 0.25) is 0 Å². The number of alkyl halides is 3. The Morgan fingerprint density at radius 2 is 1.81 bits per heavy atom. The van der Waals surface area contributed by atoms with Crippen molar-refractivity contribution in [2.24, 2.45) is 0 Å². The lowest BCUT2D eigenvalue weighted by atomic mass is 10.1. The second kappa shape index (κ2) is 5.90. The van der Waals surface area contributed by atoms with Crippen LogP contribution in [0.4, 0.5) is 17.6 Å². The molecule has 3 nitrogen and oxygen atoms in total. The van der Waals surface area contributed by atoms with Crippen LogP contribution in [0.15, 0.2) is 42.6 Å². The normalized spacial score (nSPS) is 11.2. The summed E-state index contributed by atoms with van der Waals surface area (Å²) in [6.07, 6.45) is -3.65. The molecule has 0 aliphatic rings. The summed E-state index contributed by atoms with van der Waals surface area (Å²) >= 11 is 0. The van der Waals surface area contributed by atoms with Crippen molar-refractivity contribution in [1.82, 2.24) is 4.98 Å². The summed E-state index contributed by atoms with van der Waals surface area (Å²) in [4.78, 5) is 15.5. The molecule has 2 aromatic rings. The van der Waals surface area contributed by atoms with Gasteiger partial charge in [-0.3, -0.25) is 9.78 Å². The maximum absolute atomic E-state index is 13.4. The van der Waals surface area contributed by atoms with E-state index in [0.717, 1.165) is 18.2 Å². The standard InChI is InChI=1S/C14H9F4NO2/c15-11-2-1-7-19-13(11)12(20)8-9-3-5-10(6-4-9)21-14(16,17)18/h1-7H,8H2. The Morgan fingerprint density at radius 3 is 2.38 bits per heavy atom. The minimum Gasteiger partial charge on any atom is -0.406 e. The van der Waals surface area contributed by atoms with Gasteiger partial charge in [-0.25, -0.2) is 4.39 Å². The second-order valence-electron chi connectivity index (χ2n) is 4.13. The van der Waals surface area contributed by atoms with E-state index < -0.39 is 18.0 Å². The largest absolute Gasteiger partial charge is 0.573 e. The first-order valence-electron chi connectivity index (χ1n) is 5.83. The molecule has 0 saturated heterocycles. The van der Waals surface area contributed by atoms with E-state index >= 15 is 0 Å². The summed E-state index contributed by atoms with van der Waals surface area (Å²) < 4.78 is 53.0. The molecule has 0 unspecified atom stereocenters. The van der Waals surface area contributed by atoms with Gasteiger partial charge in [-0.15, -0.1) is 13.2 Å². The average Bonchev–Trinajstić information content (AvgIpc) is 2.40. The van der Waals surface area contributed by atoms with Gasteiger partial charge in [0.1, 0.15) is 11.4 Å². The fraction of sp³-hybridized carbons (Fsp3) is 0.143. The SMILES string of the molecule is O=C(Cc1ccc(OC(F)(F)F)cc1)c1ncccc1F. The highest BCUT2D eigenvalue weighted by Gasteiger charge is 2.30. The summed E-state index contributed by atoms with van der Waals surface area (Å²) in [7, 11) is 0. The number of carbonyl (C=O) groups is 1. The number of carbonyl (C=O) groups excluding carboxylic acids is 1. The molecular formula is C14H9F4NO2. The number of aromatic nitrogens is 1. The zero-order chi connectivity index (χ0) is 15.5. The van der Waals surface area contributed by atoms with E-state index in [-0.39, 0.29) is 17.9 Å². The molecule has 1 heterocycles. The summed E-state index contributed by atoms with van der Waals surface area (Å²) in [5, 5.41) is 0. The minimum absolute atomic E-state index is 0.166. The topological polar surface area (TPSA) is 39.2 Å². The Kier molecular flexibility index (Phi) is 4.21. The number of benzene rings is 1. The van der Waals surface area contributed by atoms with Crippen molar-refractivity contribution in [3.05, 3.63) is 59.7 Å². The van der Waals surface area contributed by atoms with Crippen molar-refractivity contribution in [3.63, 3.8) is 0 Å². The fourth-order valence-electron chi connectivity index (χ4n) is 1.67. The van der Waals surface area contributed by atoms with Crippen LogP contribution in [0.3, 0.4) is 0 Å². The van der Waals surface area contributed by atoms with Gasteiger partial charge in [-0.1, -0.05) is 12.1 Å². The second-order valence-corrected chi connectivity index (χ2v) is 4.13. The third-order valence-corrected chi connectivity index (χ3v) is 2.54. The predicted molar refractivity (Wildman–Crippen MR) is 65.4 cm³/mol. The lowest BCUT2D eigenvalue weighted by Crippen LogP contribution is -2.17. The number of rotatable bonds is 4. The van der Waals surface area contributed by atoms with Crippen LogP contribution < -0.4 is 4.74 Å². The smallest absolute Gasteiger partial charge is 0.406 e. The Bertz CT molecular complexity index is 638. The van der Waals surface area contributed by atoms with E-state index in [9.17, 15) is 22.4 Å². The van der Waals surface area contributed by atoms with E-state index in [2.05, 4.69) is 9.72 Å².